The number of methoxy groups -OCH3 is 1. The minimum absolute atomic E-state index is 0.424. The Labute approximate surface area is 61.1 Å². The van der Waals surface area contributed by atoms with Gasteiger partial charge in [0.2, 0.25) is 0 Å². The van der Waals surface area contributed by atoms with Gasteiger partial charge < -0.3 is 4.74 Å². The summed E-state index contributed by atoms with van der Waals surface area (Å²) in [6.07, 6.45) is 5.11. The molecule has 0 unspecified atom stereocenters. The van der Waals surface area contributed by atoms with Crippen molar-refractivity contribution >= 4 is 6.09 Å². The second kappa shape index (κ2) is 6.13. The Balaban J connectivity index is 3.25. The van der Waals surface area contributed by atoms with Crippen LogP contribution in [0.4, 0.5) is 4.79 Å². The fourth-order valence-electron chi connectivity index (χ4n) is 0.436. The van der Waals surface area contributed by atoms with Gasteiger partial charge >= 0.3 is 6.09 Å². The number of amides is 1. The van der Waals surface area contributed by atoms with E-state index in [2.05, 4.69) is 17.0 Å². The van der Waals surface area contributed by atoms with Gasteiger partial charge in [-0.1, -0.05) is 19.4 Å². The second-order valence-electron chi connectivity index (χ2n) is 1.83. The molecule has 0 aromatic heterocycles. The molecular weight excluding hydrogens is 130 g/mol. The van der Waals surface area contributed by atoms with E-state index in [1.807, 2.05) is 6.08 Å². The van der Waals surface area contributed by atoms with Crippen LogP contribution in [-0.2, 0) is 4.74 Å². The van der Waals surface area contributed by atoms with Crippen molar-refractivity contribution in [3.8, 4) is 0 Å². The minimum Gasteiger partial charge on any atom is -0.453 e. The Morgan fingerprint density at radius 2 is 2.40 bits per heavy atom. The molecule has 3 nitrogen and oxygen atoms in total. The first-order chi connectivity index (χ1) is 4.81. The Kier molecular flexibility index (Phi) is 5.53. The van der Waals surface area contributed by atoms with Gasteiger partial charge in [0.25, 0.3) is 0 Å². The largest absolute Gasteiger partial charge is 0.453 e. The third-order valence-electron chi connectivity index (χ3n) is 0.960. The summed E-state index contributed by atoms with van der Waals surface area (Å²) < 4.78 is 4.33. The minimum atomic E-state index is -0.424. The zero-order valence-electron chi connectivity index (χ0n) is 6.39. The topological polar surface area (TPSA) is 38.3 Å². The Morgan fingerprint density at radius 1 is 1.70 bits per heavy atom. The molecule has 58 valence electrons. The van der Waals surface area contributed by atoms with E-state index in [4.69, 9.17) is 0 Å². The number of carbonyl (C=O) groups excluding carboxylic acids is 1. The lowest BCUT2D eigenvalue weighted by Crippen LogP contribution is -2.15. The molecule has 0 saturated carbocycles. The fourth-order valence-corrected chi connectivity index (χ4v) is 0.436. The van der Waals surface area contributed by atoms with Crippen LogP contribution in [0.15, 0.2) is 12.3 Å². The maximum absolute atomic E-state index is 10.4. The van der Waals surface area contributed by atoms with Crippen LogP contribution in [0.1, 0.15) is 19.8 Å². The normalized spacial score (nSPS) is 9.80. The summed E-state index contributed by atoms with van der Waals surface area (Å²) in [7, 11) is 1.34. The first kappa shape index (κ1) is 9.01. The van der Waals surface area contributed by atoms with Crippen LogP contribution in [0.5, 0.6) is 0 Å². The van der Waals surface area contributed by atoms with Gasteiger partial charge in [0.15, 0.2) is 0 Å². The molecule has 0 aromatic carbocycles. The summed E-state index contributed by atoms with van der Waals surface area (Å²) in [5.74, 6) is 0. The molecule has 0 aromatic rings. The maximum atomic E-state index is 10.4. The van der Waals surface area contributed by atoms with Gasteiger partial charge in [0, 0.05) is 6.20 Å². The summed E-state index contributed by atoms with van der Waals surface area (Å²) in [4.78, 5) is 10.4. The van der Waals surface area contributed by atoms with Crippen molar-refractivity contribution in [2.75, 3.05) is 7.11 Å². The molecule has 0 aliphatic rings. The van der Waals surface area contributed by atoms with Gasteiger partial charge in [-0.15, -0.1) is 0 Å². The summed E-state index contributed by atoms with van der Waals surface area (Å²) in [6.45, 7) is 2.07. The number of unbranched alkanes of at least 4 members (excludes halogenated alkanes) is 1. The molecule has 1 N–H and O–H groups in total. The summed E-state index contributed by atoms with van der Waals surface area (Å²) in [5, 5.41) is 2.43. The maximum Gasteiger partial charge on any atom is 0.410 e. The van der Waals surface area contributed by atoms with E-state index < -0.39 is 6.09 Å². The van der Waals surface area contributed by atoms with Crippen molar-refractivity contribution in [3.63, 3.8) is 0 Å². The van der Waals surface area contributed by atoms with Crippen LogP contribution < -0.4 is 5.32 Å². The number of alkyl carbamates (subject to hydrolysis) is 1. The predicted molar refractivity (Wildman–Crippen MR) is 39.6 cm³/mol. The van der Waals surface area contributed by atoms with Gasteiger partial charge in [-0.3, -0.25) is 5.32 Å². The number of carbonyl (C=O) groups is 1. The highest BCUT2D eigenvalue weighted by atomic mass is 16.5. The first-order valence-corrected chi connectivity index (χ1v) is 3.30. The van der Waals surface area contributed by atoms with E-state index in [1.54, 1.807) is 6.20 Å². The van der Waals surface area contributed by atoms with Gasteiger partial charge in [0.05, 0.1) is 7.11 Å². The number of nitrogens with one attached hydrogen (secondary N) is 1. The molecule has 0 saturated heterocycles. The molecule has 0 radical (unpaired) electrons. The number of rotatable bonds is 3. The van der Waals surface area contributed by atoms with E-state index in [-0.39, 0.29) is 0 Å². The van der Waals surface area contributed by atoms with E-state index in [0.29, 0.717) is 0 Å². The van der Waals surface area contributed by atoms with Gasteiger partial charge in [0.1, 0.15) is 0 Å². The van der Waals surface area contributed by atoms with Crippen molar-refractivity contribution in [2.24, 2.45) is 0 Å². The molecule has 0 bridgehead atoms. The lowest BCUT2D eigenvalue weighted by atomic mass is 10.3. The predicted octanol–water partition coefficient (Wildman–Crippen LogP) is 1.66. The van der Waals surface area contributed by atoms with Crippen LogP contribution in [0, 0.1) is 0 Å². The summed E-state index contributed by atoms with van der Waals surface area (Å²) in [5.41, 5.74) is 0. The van der Waals surface area contributed by atoms with E-state index in [1.165, 1.54) is 7.11 Å². The monoisotopic (exact) mass is 143 g/mol. The average molecular weight is 143 g/mol. The van der Waals surface area contributed by atoms with Crippen LogP contribution in [-0.4, -0.2) is 13.2 Å². The molecule has 3 heteroatoms. The molecule has 0 aliphatic carbocycles. The highest BCUT2D eigenvalue weighted by molar-refractivity contribution is 5.68. The third-order valence-corrected chi connectivity index (χ3v) is 0.960. The molecular formula is C7H13NO2. The lowest BCUT2D eigenvalue weighted by Gasteiger charge is -1.94. The lowest BCUT2D eigenvalue weighted by molar-refractivity contribution is 0.175. The molecule has 10 heavy (non-hydrogen) atoms. The second-order valence-corrected chi connectivity index (χ2v) is 1.83. The number of hydrogen-bond acceptors (Lipinski definition) is 2. The zero-order valence-corrected chi connectivity index (χ0v) is 6.39. The number of allylic oxidation sites excluding steroid dienone is 1. The number of ether oxygens (including phenoxy) is 1. The molecule has 0 aliphatic heterocycles. The molecule has 0 heterocycles. The Hall–Kier alpha value is -0.990. The highest BCUT2D eigenvalue weighted by Crippen LogP contribution is 1.85. The number of hydrogen-bond donors (Lipinski definition) is 1. The Bertz CT molecular complexity index is 121. The van der Waals surface area contributed by atoms with Crippen molar-refractivity contribution < 1.29 is 9.53 Å². The fraction of sp³-hybridized carbons (Fsp3) is 0.571. The van der Waals surface area contributed by atoms with Crippen molar-refractivity contribution in [2.45, 2.75) is 19.8 Å². The van der Waals surface area contributed by atoms with E-state index in [9.17, 15) is 4.79 Å². The van der Waals surface area contributed by atoms with Crippen LogP contribution in [0.25, 0.3) is 0 Å². The average Bonchev–Trinajstić information content (AvgIpc) is 1.98. The summed E-state index contributed by atoms with van der Waals surface area (Å²) >= 11 is 0. The third kappa shape index (κ3) is 5.15. The summed E-state index contributed by atoms with van der Waals surface area (Å²) in [6, 6.07) is 0. The van der Waals surface area contributed by atoms with Gasteiger partial charge in [-0.05, 0) is 6.42 Å². The van der Waals surface area contributed by atoms with Crippen molar-refractivity contribution in [3.05, 3.63) is 12.3 Å². The quantitative estimate of drug-likeness (QED) is 0.652. The van der Waals surface area contributed by atoms with E-state index >= 15 is 0 Å². The Morgan fingerprint density at radius 3 is 2.90 bits per heavy atom. The molecule has 1 amide bonds. The molecule has 0 fully saturated rings. The van der Waals surface area contributed by atoms with Gasteiger partial charge in [-0.25, -0.2) is 4.79 Å². The SMILES string of the molecule is CCC/C=C/NC(=O)OC. The van der Waals surface area contributed by atoms with E-state index in [0.717, 1.165) is 12.8 Å². The van der Waals surface area contributed by atoms with Crippen molar-refractivity contribution in [1.29, 1.82) is 0 Å². The van der Waals surface area contributed by atoms with Crippen LogP contribution in [0.3, 0.4) is 0 Å². The molecule has 0 spiro atoms. The first-order valence-electron chi connectivity index (χ1n) is 3.30. The molecule has 0 atom stereocenters. The highest BCUT2D eigenvalue weighted by Gasteiger charge is 1.89. The molecule has 0 rings (SSSR count). The van der Waals surface area contributed by atoms with Gasteiger partial charge in [-0.2, -0.15) is 0 Å². The van der Waals surface area contributed by atoms with Crippen LogP contribution in [0.2, 0.25) is 0 Å². The van der Waals surface area contributed by atoms with Crippen molar-refractivity contribution in [1.82, 2.24) is 5.32 Å². The smallest absolute Gasteiger partial charge is 0.410 e. The van der Waals surface area contributed by atoms with Crippen LogP contribution >= 0.6 is 0 Å². The zero-order chi connectivity index (χ0) is 7.82. The standard InChI is InChI=1S/C7H13NO2/c1-3-4-5-6-8-7(9)10-2/h5-6H,3-4H2,1-2H3,(H,8,9)/b6-5+.